The molecule has 9 heteroatoms. The highest BCUT2D eigenvalue weighted by atomic mass is 79.9. The first kappa shape index (κ1) is 16.9. The number of nitrogens with one attached hydrogen (secondary N) is 2. The van der Waals surface area contributed by atoms with Crippen LogP contribution in [0.4, 0.5) is 0 Å². The van der Waals surface area contributed by atoms with Gasteiger partial charge in [-0.25, -0.2) is 13.4 Å². The number of amides is 1. The summed E-state index contributed by atoms with van der Waals surface area (Å²) in [5, 5.41) is 0.142. The first-order chi connectivity index (χ1) is 10.3. The van der Waals surface area contributed by atoms with Crippen molar-refractivity contribution in [2.24, 2.45) is 0 Å². The van der Waals surface area contributed by atoms with E-state index in [0.29, 0.717) is 10.0 Å². The summed E-state index contributed by atoms with van der Waals surface area (Å²) in [4.78, 5) is 17.6. The van der Waals surface area contributed by atoms with Crippen molar-refractivity contribution in [1.82, 2.24) is 15.2 Å². The number of rotatable bonds is 4. The molecule has 0 fully saturated rings. The standard InChI is InChI=1S/C13H11BrClN3O3S/c1-8-4-2-3-5-10(8)13(19)17-18-22(20,21)9-6-11(14)12(15)16-7-9/h2-7,18H,1H3,(H,17,19). The smallest absolute Gasteiger partial charge is 0.266 e. The van der Waals surface area contributed by atoms with Crippen molar-refractivity contribution < 1.29 is 13.2 Å². The maximum atomic E-state index is 12.1. The molecule has 0 saturated heterocycles. The van der Waals surface area contributed by atoms with Gasteiger partial charge < -0.3 is 0 Å². The van der Waals surface area contributed by atoms with E-state index in [1.807, 2.05) is 4.83 Å². The minimum absolute atomic E-state index is 0.131. The van der Waals surface area contributed by atoms with E-state index in [0.717, 1.165) is 11.8 Å². The number of nitrogens with zero attached hydrogens (tertiary/aromatic N) is 1. The second-order valence-electron chi connectivity index (χ2n) is 4.32. The van der Waals surface area contributed by atoms with Crippen molar-refractivity contribution in [3.8, 4) is 0 Å². The molecule has 2 rings (SSSR count). The number of halogens is 2. The summed E-state index contributed by atoms with van der Waals surface area (Å²) >= 11 is 8.80. The van der Waals surface area contributed by atoms with Crippen LogP contribution >= 0.6 is 27.5 Å². The van der Waals surface area contributed by atoms with Gasteiger partial charge in [0.15, 0.2) is 0 Å². The number of carbonyl (C=O) groups excluding carboxylic acids is 1. The fourth-order valence-corrected chi connectivity index (χ4v) is 3.03. The van der Waals surface area contributed by atoms with Crippen molar-refractivity contribution in [2.45, 2.75) is 11.8 Å². The third-order valence-electron chi connectivity index (χ3n) is 2.77. The zero-order chi connectivity index (χ0) is 16.3. The molecule has 1 aromatic carbocycles. The van der Waals surface area contributed by atoms with Crippen LogP contribution in [0.2, 0.25) is 5.15 Å². The topological polar surface area (TPSA) is 88.2 Å². The summed E-state index contributed by atoms with van der Waals surface area (Å²) in [5.74, 6) is -0.553. The van der Waals surface area contributed by atoms with Crippen molar-refractivity contribution >= 4 is 43.5 Å². The molecule has 1 heterocycles. The van der Waals surface area contributed by atoms with Gasteiger partial charge in [0, 0.05) is 11.8 Å². The van der Waals surface area contributed by atoms with Crippen LogP contribution in [-0.2, 0) is 10.0 Å². The molecule has 0 saturated carbocycles. The van der Waals surface area contributed by atoms with E-state index >= 15 is 0 Å². The summed E-state index contributed by atoms with van der Waals surface area (Å²) in [7, 11) is -3.95. The number of benzene rings is 1. The molecule has 0 unspecified atom stereocenters. The Morgan fingerprint density at radius 2 is 2.00 bits per heavy atom. The minimum atomic E-state index is -3.95. The first-order valence-corrected chi connectivity index (χ1v) is 8.65. The summed E-state index contributed by atoms with van der Waals surface area (Å²) in [6.07, 6.45) is 1.09. The van der Waals surface area contributed by atoms with Gasteiger partial charge in [-0.2, -0.15) is 0 Å². The Labute approximate surface area is 141 Å². The molecule has 0 aliphatic carbocycles. The zero-order valence-electron chi connectivity index (χ0n) is 11.3. The summed E-state index contributed by atoms with van der Waals surface area (Å²) in [5.41, 5.74) is 3.27. The summed E-state index contributed by atoms with van der Waals surface area (Å²) in [6, 6.07) is 8.12. The number of hydrazine groups is 1. The number of aromatic nitrogens is 1. The van der Waals surface area contributed by atoms with Crippen molar-refractivity contribution in [2.75, 3.05) is 0 Å². The van der Waals surface area contributed by atoms with Crippen LogP contribution < -0.4 is 10.3 Å². The maximum absolute atomic E-state index is 12.1. The Balaban J connectivity index is 2.14. The number of carbonyl (C=O) groups is 1. The van der Waals surface area contributed by atoms with Gasteiger partial charge in [0.2, 0.25) is 0 Å². The van der Waals surface area contributed by atoms with Gasteiger partial charge in [-0.3, -0.25) is 10.2 Å². The largest absolute Gasteiger partial charge is 0.273 e. The number of aryl methyl sites for hydroxylation is 1. The Hall–Kier alpha value is -1.48. The minimum Gasteiger partial charge on any atom is -0.273 e. The van der Waals surface area contributed by atoms with Crippen LogP contribution in [0, 0.1) is 6.92 Å². The molecule has 1 amide bonds. The predicted molar refractivity (Wildman–Crippen MR) is 85.9 cm³/mol. The first-order valence-electron chi connectivity index (χ1n) is 6.00. The monoisotopic (exact) mass is 403 g/mol. The molecule has 6 nitrogen and oxygen atoms in total. The fourth-order valence-electron chi connectivity index (χ4n) is 1.62. The highest BCUT2D eigenvalue weighted by Crippen LogP contribution is 2.22. The summed E-state index contributed by atoms with van der Waals surface area (Å²) in [6.45, 7) is 1.75. The van der Waals surface area contributed by atoms with Crippen LogP contribution in [0.5, 0.6) is 0 Å². The number of sulfonamides is 1. The van der Waals surface area contributed by atoms with Gasteiger partial charge in [-0.15, -0.1) is 4.83 Å². The molecule has 22 heavy (non-hydrogen) atoms. The Morgan fingerprint density at radius 1 is 1.32 bits per heavy atom. The molecule has 2 N–H and O–H groups in total. The second-order valence-corrected chi connectivity index (χ2v) is 7.21. The maximum Gasteiger partial charge on any atom is 0.266 e. The molecule has 2 aromatic rings. The predicted octanol–water partition coefficient (Wildman–Crippen LogP) is 2.43. The highest BCUT2D eigenvalue weighted by molar-refractivity contribution is 9.10. The van der Waals surface area contributed by atoms with Gasteiger partial charge in [0.25, 0.3) is 15.9 Å². The highest BCUT2D eigenvalue weighted by Gasteiger charge is 2.18. The lowest BCUT2D eigenvalue weighted by Gasteiger charge is -2.10. The van der Waals surface area contributed by atoms with E-state index in [9.17, 15) is 13.2 Å². The Kier molecular flexibility index (Phi) is 5.17. The van der Waals surface area contributed by atoms with Crippen molar-refractivity contribution in [1.29, 1.82) is 0 Å². The lowest BCUT2D eigenvalue weighted by atomic mass is 10.1. The Morgan fingerprint density at radius 3 is 2.64 bits per heavy atom. The Bertz CT molecular complexity index is 827. The quantitative estimate of drug-likeness (QED) is 0.605. The van der Waals surface area contributed by atoms with Gasteiger partial charge >= 0.3 is 0 Å². The molecule has 0 aliphatic heterocycles. The zero-order valence-corrected chi connectivity index (χ0v) is 14.5. The van der Waals surface area contributed by atoms with Crippen LogP contribution in [0.25, 0.3) is 0 Å². The van der Waals surface area contributed by atoms with Gasteiger partial charge in [0.1, 0.15) is 10.0 Å². The molecule has 0 spiro atoms. The number of hydrogen-bond donors (Lipinski definition) is 2. The van der Waals surface area contributed by atoms with Crippen molar-refractivity contribution in [3.63, 3.8) is 0 Å². The van der Waals surface area contributed by atoms with Gasteiger partial charge in [0.05, 0.1) is 4.47 Å². The molecule has 0 bridgehead atoms. The molecule has 1 aromatic heterocycles. The van der Waals surface area contributed by atoms with E-state index in [-0.39, 0.29) is 10.0 Å². The molecular formula is C13H11BrClN3O3S. The SMILES string of the molecule is Cc1ccccc1C(=O)NNS(=O)(=O)c1cnc(Cl)c(Br)c1. The number of pyridine rings is 1. The van der Waals surface area contributed by atoms with Crippen LogP contribution in [0.15, 0.2) is 45.9 Å². The normalized spacial score (nSPS) is 11.2. The van der Waals surface area contributed by atoms with Crippen LogP contribution in [-0.4, -0.2) is 19.3 Å². The van der Waals surface area contributed by atoms with Crippen LogP contribution in [0.1, 0.15) is 15.9 Å². The average Bonchev–Trinajstić information content (AvgIpc) is 2.48. The summed E-state index contributed by atoms with van der Waals surface area (Å²) < 4.78 is 24.5. The second kappa shape index (κ2) is 6.74. The van der Waals surface area contributed by atoms with Crippen molar-refractivity contribution in [3.05, 3.63) is 57.3 Å². The average molecular weight is 405 g/mol. The molecule has 0 aliphatic rings. The fraction of sp³-hybridized carbons (Fsp3) is 0.0769. The van der Waals surface area contributed by atoms with E-state index in [2.05, 4.69) is 26.3 Å². The lowest BCUT2D eigenvalue weighted by molar-refractivity contribution is 0.0944. The van der Waals surface area contributed by atoms with Gasteiger partial charge in [-0.1, -0.05) is 29.8 Å². The third-order valence-corrected chi connectivity index (χ3v) is 5.12. The molecule has 0 radical (unpaired) electrons. The molecule has 116 valence electrons. The molecule has 0 atom stereocenters. The van der Waals surface area contributed by atoms with E-state index in [1.54, 1.807) is 31.2 Å². The van der Waals surface area contributed by atoms with E-state index in [1.165, 1.54) is 6.07 Å². The number of hydrogen-bond acceptors (Lipinski definition) is 4. The van der Waals surface area contributed by atoms with E-state index in [4.69, 9.17) is 11.6 Å². The lowest BCUT2D eigenvalue weighted by Crippen LogP contribution is -2.41. The third kappa shape index (κ3) is 3.83. The molecular weight excluding hydrogens is 394 g/mol. The van der Waals surface area contributed by atoms with Crippen LogP contribution in [0.3, 0.4) is 0 Å². The van der Waals surface area contributed by atoms with Gasteiger partial charge in [-0.05, 0) is 40.5 Å². The van der Waals surface area contributed by atoms with E-state index < -0.39 is 15.9 Å².